The van der Waals surface area contributed by atoms with Gasteiger partial charge in [-0.3, -0.25) is 4.79 Å². The van der Waals surface area contributed by atoms with Gasteiger partial charge in [-0.25, -0.2) is 0 Å². The number of aliphatic hydroxyl groups excluding tert-OH is 3. The lowest BCUT2D eigenvalue weighted by Gasteiger charge is -2.50. The number of carbonyl (C=O) groups excluding carboxylic acids is 1. The Morgan fingerprint density at radius 2 is 1.85 bits per heavy atom. The topological polar surface area (TPSA) is 217 Å². The molecule has 34 heavy (non-hydrogen) atoms. The number of hydrogen-bond donors (Lipinski definition) is 8. The van der Waals surface area contributed by atoms with Crippen molar-refractivity contribution in [3.05, 3.63) is 11.8 Å². The Morgan fingerprint density at radius 1 is 1.15 bits per heavy atom. The summed E-state index contributed by atoms with van der Waals surface area (Å²) in [5.74, 6) is 0.341. The predicted octanol–water partition coefficient (Wildman–Crippen LogP) is -3.67. The Bertz CT molecular complexity index is 744. The molecular formula is C21H39N5O8. The van der Waals surface area contributed by atoms with Gasteiger partial charge in [-0.15, -0.1) is 0 Å². The molecule has 2 fully saturated rings. The van der Waals surface area contributed by atoms with E-state index >= 15 is 0 Å². The number of carbonyl (C=O) groups is 1. The smallest absolute Gasteiger partial charge is 0.217 e. The van der Waals surface area contributed by atoms with Crippen molar-refractivity contribution in [2.75, 3.05) is 20.2 Å². The fourth-order valence-electron chi connectivity index (χ4n) is 4.65. The van der Waals surface area contributed by atoms with Gasteiger partial charge in [0.25, 0.3) is 0 Å². The van der Waals surface area contributed by atoms with Gasteiger partial charge >= 0.3 is 0 Å². The first kappa shape index (κ1) is 27.2. The maximum Gasteiger partial charge on any atom is 0.217 e. The van der Waals surface area contributed by atoms with E-state index in [1.165, 1.54) is 6.92 Å². The van der Waals surface area contributed by atoms with E-state index in [-0.39, 0.29) is 25.5 Å². The standard InChI is InChI=1S/C21H39N5O8/c1-9(27)26-7-10-4-5-11(22)19(32-10)34-21(2)8-31-20(16(30)18(21)25-3)33-17-13(24)6-12(23)14(28)15(17)29/h4,11-20,25,28-30H,5-8,22-24H2,1-3H3,(H,26,27). The summed E-state index contributed by atoms with van der Waals surface area (Å²) >= 11 is 0. The second-order valence-corrected chi connectivity index (χ2v) is 9.48. The van der Waals surface area contributed by atoms with Crippen LogP contribution in [0, 0.1) is 0 Å². The molecule has 196 valence electrons. The van der Waals surface area contributed by atoms with E-state index in [2.05, 4.69) is 10.6 Å². The second-order valence-electron chi connectivity index (χ2n) is 9.48. The van der Waals surface area contributed by atoms with Crippen LogP contribution >= 0.6 is 0 Å². The number of nitrogens with one attached hydrogen (secondary N) is 2. The highest BCUT2D eigenvalue weighted by atomic mass is 16.7. The minimum Gasteiger partial charge on any atom is -0.466 e. The molecule has 0 spiro atoms. The Balaban J connectivity index is 1.66. The van der Waals surface area contributed by atoms with Gasteiger partial charge in [0, 0.05) is 19.0 Å². The Hall–Kier alpha value is -1.39. The summed E-state index contributed by atoms with van der Waals surface area (Å²) in [6.45, 7) is 3.37. The molecule has 3 rings (SSSR count). The summed E-state index contributed by atoms with van der Waals surface area (Å²) in [5, 5.41) is 37.3. The second kappa shape index (κ2) is 11.1. The summed E-state index contributed by atoms with van der Waals surface area (Å²) in [7, 11) is 1.66. The van der Waals surface area contributed by atoms with Crippen molar-refractivity contribution in [3.63, 3.8) is 0 Å². The lowest BCUT2D eigenvalue weighted by atomic mass is 9.84. The number of ether oxygens (including phenoxy) is 4. The Labute approximate surface area is 198 Å². The maximum absolute atomic E-state index is 11.2. The lowest BCUT2D eigenvalue weighted by molar-refractivity contribution is -0.322. The summed E-state index contributed by atoms with van der Waals surface area (Å²) in [6, 6.07) is -2.46. The van der Waals surface area contributed by atoms with Gasteiger partial charge in [-0.2, -0.15) is 0 Å². The lowest BCUT2D eigenvalue weighted by Crippen LogP contribution is -2.69. The van der Waals surface area contributed by atoms with E-state index in [4.69, 9.17) is 36.1 Å². The van der Waals surface area contributed by atoms with Crippen LogP contribution in [0.15, 0.2) is 11.8 Å². The summed E-state index contributed by atoms with van der Waals surface area (Å²) < 4.78 is 23.7. The van der Waals surface area contributed by atoms with Gasteiger partial charge in [0.2, 0.25) is 12.2 Å². The molecule has 3 aliphatic rings. The van der Waals surface area contributed by atoms with Crippen LogP contribution in [-0.2, 0) is 23.7 Å². The van der Waals surface area contributed by atoms with Crippen molar-refractivity contribution in [2.24, 2.45) is 17.2 Å². The molecule has 2 aliphatic heterocycles. The summed E-state index contributed by atoms with van der Waals surface area (Å²) in [6.07, 6.45) is -4.18. The summed E-state index contributed by atoms with van der Waals surface area (Å²) in [4.78, 5) is 11.2. The first-order valence-corrected chi connectivity index (χ1v) is 11.5. The van der Waals surface area contributed by atoms with Gasteiger partial charge in [0.1, 0.15) is 29.7 Å². The maximum atomic E-state index is 11.2. The van der Waals surface area contributed by atoms with E-state index in [1.807, 2.05) is 0 Å². The molecule has 1 amide bonds. The average Bonchev–Trinajstić information content (AvgIpc) is 2.77. The first-order chi connectivity index (χ1) is 16.0. The van der Waals surface area contributed by atoms with Crippen LogP contribution in [0.4, 0.5) is 0 Å². The molecule has 11 N–H and O–H groups in total. The SMILES string of the molecule is CNC1C(O)C(OC2C(N)CC(N)C(O)C2O)OCC1(C)OC1OC(CNC(C)=O)=CCC1N. The van der Waals surface area contributed by atoms with Crippen molar-refractivity contribution < 1.29 is 39.1 Å². The van der Waals surface area contributed by atoms with Gasteiger partial charge in [-0.05, 0) is 32.9 Å². The number of aliphatic hydroxyl groups is 3. The van der Waals surface area contributed by atoms with E-state index < -0.39 is 66.8 Å². The van der Waals surface area contributed by atoms with Gasteiger partial charge in [0.05, 0.1) is 31.3 Å². The van der Waals surface area contributed by atoms with Crippen molar-refractivity contribution in [3.8, 4) is 0 Å². The van der Waals surface area contributed by atoms with Crippen molar-refractivity contribution in [1.29, 1.82) is 0 Å². The van der Waals surface area contributed by atoms with Crippen molar-refractivity contribution in [2.45, 2.75) is 93.5 Å². The number of likely N-dealkylation sites (N-methyl/N-ethyl adjacent to an activating group) is 1. The third-order valence-corrected chi connectivity index (χ3v) is 6.64. The van der Waals surface area contributed by atoms with Gasteiger partial charge < -0.3 is 62.1 Å². The molecule has 13 heteroatoms. The number of amides is 1. The molecule has 13 nitrogen and oxygen atoms in total. The molecule has 1 aliphatic carbocycles. The molecular weight excluding hydrogens is 450 g/mol. The quantitative estimate of drug-likeness (QED) is 0.173. The molecule has 1 saturated carbocycles. The Kier molecular flexibility index (Phi) is 8.90. The van der Waals surface area contributed by atoms with Crippen LogP contribution in [0.1, 0.15) is 26.7 Å². The zero-order valence-corrected chi connectivity index (χ0v) is 19.8. The molecule has 11 atom stereocenters. The van der Waals surface area contributed by atoms with E-state index in [9.17, 15) is 20.1 Å². The largest absolute Gasteiger partial charge is 0.466 e. The third-order valence-electron chi connectivity index (χ3n) is 6.64. The molecule has 0 aromatic rings. The molecule has 0 radical (unpaired) electrons. The molecule has 0 aromatic carbocycles. The molecule has 2 heterocycles. The summed E-state index contributed by atoms with van der Waals surface area (Å²) in [5.41, 5.74) is 17.0. The van der Waals surface area contributed by atoms with Crippen LogP contribution < -0.4 is 27.8 Å². The average molecular weight is 490 g/mol. The third kappa shape index (κ3) is 5.87. The van der Waals surface area contributed by atoms with Gasteiger partial charge in [0.15, 0.2) is 6.29 Å². The molecule has 0 aromatic heterocycles. The van der Waals surface area contributed by atoms with Crippen molar-refractivity contribution in [1.82, 2.24) is 10.6 Å². The van der Waals surface area contributed by atoms with Gasteiger partial charge in [-0.1, -0.05) is 0 Å². The van der Waals surface area contributed by atoms with E-state index in [1.54, 1.807) is 20.0 Å². The predicted molar refractivity (Wildman–Crippen MR) is 120 cm³/mol. The first-order valence-electron chi connectivity index (χ1n) is 11.5. The van der Waals surface area contributed by atoms with Crippen molar-refractivity contribution >= 4 is 5.91 Å². The highest BCUT2D eigenvalue weighted by Gasteiger charge is 2.52. The van der Waals surface area contributed by atoms with Crippen LogP contribution in [0.25, 0.3) is 0 Å². The zero-order valence-electron chi connectivity index (χ0n) is 19.8. The van der Waals surface area contributed by atoms with Crippen LogP contribution in [0.5, 0.6) is 0 Å². The molecule has 1 saturated heterocycles. The molecule has 0 bridgehead atoms. The Morgan fingerprint density at radius 3 is 2.50 bits per heavy atom. The van der Waals surface area contributed by atoms with Crippen LogP contribution in [0.3, 0.4) is 0 Å². The monoisotopic (exact) mass is 489 g/mol. The number of nitrogens with two attached hydrogens (primary N) is 3. The normalized spacial score (nSPS) is 45.3. The van der Waals surface area contributed by atoms with E-state index in [0.717, 1.165) is 0 Å². The number of rotatable bonds is 7. The van der Waals surface area contributed by atoms with E-state index in [0.29, 0.717) is 12.2 Å². The van der Waals surface area contributed by atoms with Crippen LogP contribution in [0.2, 0.25) is 0 Å². The fourth-order valence-corrected chi connectivity index (χ4v) is 4.65. The zero-order chi connectivity index (χ0) is 25.2. The fraction of sp³-hybridized carbons (Fsp3) is 0.857. The van der Waals surface area contributed by atoms with Crippen LogP contribution in [-0.4, -0.2) is 108 Å². The highest BCUT2D eigenvalue weighted by molar-refractivity contribution is 5.73. The minimum absolute atomic E-state index is 0.00230. The molecule has 11 unspecified atom stereocenters. The minimum atomic E-state index is -1.32. The number of hydrogen-bond acceptors (Lipinski definition) is 12. The highest BCUT2D eigenvalue weighted by Crippen LogP contribution is 2.33.